The predicted octanol–water partition coefficient (Wildman–Crippen LogP) is 4.04. The first-order valence-electron chi connectivity index (χ1n) is 10.0. The normalized spacial score (nSPS) is 17.6. The van der Waals surface area contributed by atoms with Crippen LogP contribution in [0.4, 0.5) is 0 Å². The third-order valence-electron chi connectivity index (χ3n) is 4.96. The molecular formula is C20H37IN4O. The second-order valence-electron chi connectivity index (χ2n) is 7.13. The minimum Gasteiger partial charge on any atom is -0.469 e. The Labute approximate surface area is 176 Å². The molecule has 5 nitrogen and oxygen atoms in total. The number of hydrogen-bond acceptors (Lipinski definition) is 3. The molecule has 2 heterocycles. The van der Waals surface area contributed by atoms with Gasteiger partial charge in [0.05, 0.1) is 6.26 Å². The van der Waals surface area contributed by atoms with Gasteiger partial charge in [0.2, 0.25) is 0 Å². The second-order valence-corrected chi connectivity index (χ2v) is 7.13. The minimum atomic E-state index is 0. The Morgan fingerprint density at radius 2 is 2.12 bits per heavy atom. The molecule has 1 aliphatic heterocycles. The van der Waals surface area contributed by atoms with Crippen LogP contribution in [-0.2, 0) is 6.42 Å². The Morgan fingerprint density at radius 3 is 2.73 bits per heavy atom. The fraction of sp³-hybridized carbons (Fsp3) is 0.750. The molecule has 1 unspecified atom stereocenters. The molecule has 2 rings (SSSR count). The fourth-order valence-electron chi connectivity index (χ4n) is 3.08. The second kappa shape index (κ2) is 13.4. The van der Waals surface area contributed by atoms with Crippen molar-refractivity contribution in [3.8, 4) is 0 Å². The van der Waals surface area contributed by atoms with E-state index in [2.05, 4.69) is 36.3 Å². The number of nitrogens with one attached hydrogen (secondary N) is 2. The lowest BCUT2D eigenvalue weighted by Crippen LogP contribution is -2.50. The lowest BCUT2D eigenvalue weighted by atomic mass is 10.0. The van der Waals surface area contributed by atoms with Crippen molar-refractivity contribution in [3.05, 3.63) is 24.2 Å². The first-order valence-corrected chi connectivity index (χ1v) is 10.0. The maximum atomic E-state index is 5.40. The van der Waals surface area contributed by atoms with E-state index in [-0.39, 0.29) is 24.0 Å². The third-order valence-corrected chi connectivity index (χ3v) is 4.96. The predicted molar refractivity (Wildman–Crippen MR) is 121 cm³/mol. The van der Waals surface area contributed by atoms with Gasteiger partial charge in [-0.1, -0.05) is 20.3 Å². The monoisotopic (exact) mass is 476 g/mol. The van der Waals surface area contributed by atoms with Crippen molar-refractivity contribution in [1.29, 1.82) is 0 Å². The lowest BCUT2D eigenvalue weighted by Gasteiger charge is -2.33. The van der Waals surface area contributed by atoms with Gasteiger partial charge < -0.3 is 20.0 Å². The summed E-state index contributed by atoms with van der Waals surface area (Å²) < 4.78 is 5.40. The summed E-state index contributed by atoms with van der Waals surface area (Å²) in [4.78, 5) is 7.36. The summed E-state index contributed by atoms with van der Waals surface area (Å²) in [6.45, 7) is 11.1. The number of furan rings is 1. The van der Waals surface area contributed by atoms with Gasteiger partial charge in [-0.2, -0.15) is 0 Å². The Bertz CT molecular complexity index is 484. The highest BCUT2D eigenvalue weighted by molar-refractivity contribution is 14.0. The molecule has 0 radical (unpaired) electrons. The molecule has 26 heavy (non-hydrogen) atoms. The van der Waals surface area contributed by atoms with E-state index in [0.717, 1.165) is 31.1 Å². The van der Waals surface area contributed by atoms with Crippen molar-refractivity contribution in [3.63, 3.8) is 0 Å². The molecule has 0 bridgehead atoms. The van der Waals surface area contributed by atoms with Gasteiger partial charge in [0.25, 0.3) is 0 Å². The fourth-order valence-corrected chi connectivity index (χ4v) is 3.08. The zero-order valence-electron chi connectivity index (χ0n) is 16.7. The summed E-state index contributed by atoms with van der Waals surface area (Å²) >= 11 is 0. The van der Waals surface area contributed by atoms with Crippen LogP contribution in [0.2, 0.25) is 0 Å². The molecule has 2 N–H and O–H groups in total. The summed E-state index contributed by atoms with van der Waals surface area (Å²) in [5, 5.41) is 7.19. The molecule has 1 atom stereocenters. The highest BCUT2D eigenvalue weighted by atomic mass is 127. The Kier molecular flexibility index (Phi) is 12.0. The summed E-state index contributed by atoms with van der Waals surface area (Å²) in [6.07, 6.45) is 8.65. The number of rotatable bonds is 9. The van der Waals surface area contributed by atoms with Gasteiger partial charge in [0.15, 0.2) is 5.96 Å². The molecule has 1 aliphatic rings. The van der Waals surface area contributed by atoms with E-state index < -0.39 is 0 Å². The number of nitrogens with zero attached hydrogens (tertiary/aromatic N) is 2. The Morgan fingerprint density at radius 1 is 1.35 bits per heavy atom. The van der Waals surface area contributed by atoms with Gasteiger partial charge in [-0.15, -0.1) is 24.0 Å². The molecule has 1 aromatic rings. The van der Waals surface area contributed by atoms with Crippen LogP contribution >= 0.6 is 24.0 Å². The topological polar surface area (TPSA) is 52.8 Å². The highest BCUT2D eigenvalue weighted by Gasteiger charge is 2.20. The highest BCUT2D eigenvalue weighted by Crippen LogP contribution is 2.11. The van der Waals surface area contributed by atoms with Gasteiger partial charge in [0.1, 0.15) is 5.76 Å². The molecule has 0 amide bonds. The van der Waals surface area contributed by atoms with E-state index in [9.17, 15) is 0 Å². The van der Waals surface area contributed by atoms with Crippen LogP contribution in [0.3, 0.4) is 0 Å². The van der Waals surface area contributed by atoms with Crippen molar-refractivity contribution in [2.45, 2.75) is 71.4 Å². The van der Waals surface area contributed by atoms with E-state index in [0.29, 0.717) is 12.1 Å². The number of hydrogen-bond donors (Lipinski definition) is 2. The summed E-state index contributed by atoms with van der Waals surface area (Å²) in [5.74, 6) is 1.95. The maximum Gasteiger partial charge on any atom is 0.191 e. The molecule has 0 aliphatic carbocycles. The van der Waals surface area contributed by atoms with Crippen LogP contribution < -0.4 is 10.6 Å². The van der Waals surface area contributed by atoms with Gasteiger partial charge in [-0.3, -0.25) is 4.99 Å². The number of guanidine groups is 1. The van der Waals surface area contributed by atoms with Crippen LogP contribution in [-0.4, -0.2) is 49.1 Å². The number of unbranched alkanes of at least 4 members (excludes halogenated alkanes) is 1. The number of likely N-dealkylation sites (tertiary alicyclic amines) is 1. The van der Waals surface area contributed by atoms with Gasteiger partial charge in [0, 0.05) is 38.1 Å². The minimum absolute atomic E-state index is 0. The zero-order valence-corrected chi connectivity index (χ0v) is 19.0. The average Bonchev–Trinajstić information content (AvgIpc) is 3.14. The van der Waals surface area contributed by atoms with Crippen LogP contribution in [0, 0.1) is 0 Å². The van der Waals surface area contributed by atoms with Crippen LogP contribution in [0.15, 0.2) is 27.8 Å². The van der Waals surface area contributed by atoms with Gasteiger partial charge in [-0.25, -0.2) is 0 Å². The quantitative estimate of drug-likeness (QED) is 0.321. The summed E-state index contributed by atoms with van der Waals surface area (Å²) in [6, 6.07) is 4.90. The summed E-state index contributed by atoms with van der Waals surface area (Å²) in [7, 11) is 0. The molecule has 1 saturated heterocycles. The Hall–Kier alpha value is -0.760. The maximum absolute atomic E-state index is 5.40. The van der Waals surface area contributed by atoms with Crippen molar-refractivity contribution in [1.82, 2.24) is 15.5 Å². The molecule has 150 valence electrons. The van der Waals surface area contributed by atoms with E-state index in [1.54, 1.807) is 6.26 Å². The molecule has 1 aromatic heterocycles. The van der Waals surface area contributed by atoms with E-state index in [1.807, 2.05) is 12.1 Å². The zero-order chi connectivity index (χ0) is 17.9. The lowest BCUT2D eigenvalue weighted by molar-refractivity contribution is 0.203. The average molecular weight is 476 g/mol. The number of aliphatic imine (C=N–C) groups is 1. The van der Waals surface area contributed by atoms with Crippen LogP contribution in [0.5, 0.6) is 0 Å². The van der Waals surface area contributed by atoms with Gasteiger partial charge in [-0.05, 0) is 51.3 Å². The van der Waals surface area contributed by atoms with E-state index in [1.165, 1.54) is 45.3 Å². The van der Waals surface area contributed by atoms with Crippen LogP contribution in [0.1, 0.15) is 58.6 Å². The molecule has 6 heteroatoms. The van der Waals surface area contributed by atoms with Gasteiger partial charge >= 0.3 is 0 Å². The molecule has 1 fully saturated rings. The standard InChI is InChI=1S/C20H36N4O.HI/c1-4-6-13-24-14-10-18(11-15-24)23-20(22-17(3)5-2)21-12-9-19-8-7-16-25-19;/h7-8,16-18H,4-6,9-15H2,1-3H3,(H2,21,22,23);1H. The van der Waals surface area contributed by atoms with E-state index >= 15 is 0 Å². The largest absolute Gasteiger partial charge is 0.469 e. The summed E-state index contributed by atoms with van der Waals surface area (Å²) in [5.41, 5.74) is 0. The SMILES string of the molecule is CCCCN1CCC(NC(=NCCc2ccco2)NC(C)CC)CC1.I. The smallest absolute Gasteiger partial charge is 0.191 e. The first kappa shape index (κ1) is 23.3. The molecule has 0 spiro atoms. The van der Waals surface area contributed by atoms with Crippen molar-refractivity contribution >= 4 is 29.9 Å². The van der Waals surface area contributed by atoms with Crippen molar-refractivity contribution in [2.24, 2.45) is 4.99 Å². The molecular weight excluding hydrogens is 439 g/mol. The molecule has 0 saturated carbocycles. The molecule has 0 aromatic carbocycles. The number of piperidine rings is 1. The third kappa shape index (κ3) is 8.75. The van der Waals surface area contributed by atoms with E-state index in [4.69, 9.17) is 9.41 Å². The Balaban J connectivity index is 0.00000338. The van der Waals surface area contributed by atoms with Crippen molar-refractivity contribution in [2.75, 3.05) is 26.2 Å². The van der Waals surface area contributed by atoms with Crippen LogP contribution in [0.25, 0.3) is 0 Å². The number of halogens is 1. The van der Waals surface area contributed by atoms with Crippen molar-refractivity contribution < 1.29 is 4.42 Å². The first-order chi connectivity index (χ1) is 12.2.